The fourth-order valence-corrected chi connectivity index (χ4v) is 3.68. The van der Waals surface area contributed by atoms with Gasteiger partial charge in [-0.3, -0.25) is 9.59 Å². The number of ether oxygens (including phenoxy) is 1. The Balaban J connectivity index is 2.25. The lowest BCUT2D eigenvalue weighted by Gasteiger charge is -2.31. The number of carbonyl (C=O) groups excluding carboxylic acids is 2. The van der Waals surface area contributed by atoms with Gasteiger partial charge in [-0.1, -0.05) is 40.9 Å². The van der Waals surface area contributed by atoms with E-state index in [1.54, 1.807) is 37.3 Å². The number of hydrogen-bond acceptors (Lipinski definition) is 3. The second-order valence-corrected chi connectivity index (χ2v) is 10.1. The van der Waals surface area contributed by atoms with Gasteiger partial charge in [0.1, 0.15) is 11.8 Å². The zero-order valence-electron chi connectivity index (χ0n) is 19.2. The topological polar surface area (TPSA) is 58.6 Å². The van der Waals surface area contributed by atoms with E-state index in [0.29, 0.717) is 26.4 Å². The van der Waals surface area contributed by atoms with Crippen molar-refractivity contribution in [1.29, 1.82) is 0 Å². The van der Waals surface area contributed by atoms with Crippen molar-refractivity contribution in [2.45, 2.75) is 59.7 Å². The van der Waals surface area contributed by atoms with Crippen LogP contribution in [0.4, 0.5) is 0 Å². The van der Waals surface area contributed by atoms with Crippen molar-refractivity contribution in [2.75, 3.05) is 6.61 Å². The summed E-state index contributed by atoms with van der Waals surface area (Å²) in [7, 11) is 0. The van der Waals surface area contributed by atoms with Gasteiger partial charge in [0.25, 0.3) is 5.91 Å². The zero-order chi connectivity index (χ0) is 24.2. The highest BCUT2D eigenvalue weighted by molar-refractivity contribution is 6.35. The number of amides is 2. The number of rotatable bonds is 7. The van der Waals surface area contributed by atoms with Gasteiger partial charge in [-0.25, -0.2) is 0 Å². The Morgan fingerprint density at radius 3 is 2.19 bits per heavy atom. The van der Waals surface area contributed by atoms with Crippen LogP contribution in [0.25, 0.3) is 0 Å². The number of halogens is 3. The summed E-state index contributed by atoms with van der Waals surface area (Å²) in [6.45, 7) is 11.0. The lowest BCUT2D eigenvalue weighted by molar-refractivity contribution is -0.142. The van der Waals surface area contributed by atoms with Crippen molar-refractivity contribution in [3.63, 3.8) is 0 Å². The fraction of sp³-hybridized carbons (Fsp3) is 0.417. The van der Waals surface area contributed by atoms with Crippen molar-refractivity contribution < 1.29 is 14.3 Å². The molecule has 2 aromatic carbocycles. The number of hydrogen-bond donors (Lipinski definition) is 1. The molecule has 0 aliphatic rings. The number of nitrogens with one attached hydrogen (secondary N) is 1. The van der Waals surface area contributed by atoms with Gasteiger partial charge in [0, 0.05) is 27.2 Å². The van der Waals surface area contributed by atoms with Crippen LogP contribution in [-0.4, -0.2) is 34.9 Å². The SMILES string of the molecule is Cc1cc(OCC(=O)N(Cc2ccc(Cl)cc2Cl)[C@@H](C)C(=O)NC(C)(C)C)cc(C)c1Cl. The molecule has 0 saturated heterocycles. The van der Waals surface area contributed by atoms with E-state index in [4.69, 9.17) is 39.5 Å². The van der Waals surface area contributed by atoms with E-state index in [0.717, 1.165) is 11.1 Å². The van der Waals surface area contributed by atoms with E-state index < -0.39 is 11.6 Å². The van der Waals surface area contributed by atoms with Crippen molar-refractivity contribution in [3.05, 3.63) is 62.1 Å². The molecular weight excluding hydrogens is 471 g/mol. The van der Waals surface area contributed by atoms with Crippen LogP contribution in [0.1, 0.15) is 44.4 Å². The number of nitrogens with zero attached hydrogens (tertiary/aromatic N) is 1. The van der Waals surface area contributed by atoms with Crippen LogP contribution in [0.5, 0.6) is 5.75 Å². The average Bonchev–Trinajstić information content (AvgIpc) is 2.67. The minimum atomic E-state index is -0.745. The molecule has 1 N–H and O–H groups in total. The van der Waals surface area contributed by atoms with Gasteiger partial charge in [0.15, 0.2) is 6.61 Å². The van der Waals surface area contributed by atoms with Gasteiger partial charge in [-0.05, 0) is 82.5 Å². The van der Waals surface area contributed by atoms with E-state index >= 15 is 0 Å². The van der Waals surface area contributed by atoms with Gasteiger partial charge in [0.2, 0.25) is 5.91 Å². The molecular formula is C24H29Cl3N2O3. The van der Waals surface area contributed by atoms with Gasteiger partial charge in [0.05, 0.1) is 0 Å². The van der Waals surface area contributed by atoms with Crippen LogP contribution in [0.15, 0.2) is 30.3 Å². The Labute approximate surface area is 205 Å². The Morgan fingerprint density at radius 1 is 1.06 bits per heavy atom. The molecule has 0 spiro atoms. The Bertz CT molecular complexity index is 979. The first-order chi connectivity index (χ1) is 14.8. The monoisotopic (exact) mass is 498 g/mol. The summed E-state index contributed by atoms with van der Waals surface area (Å²) >= 11 is 18.5. The maximum Gasteiger partial charge on any atom is 0.261 e. The predicted octanol–water partition coefficient (Wildman–Crippen LogP) is 5.97. The largest absolute Gasteiger partial charge is 0.484 e. The lowest BCUT2D eigenvalue weighted by atomic mass is 10.1. The summed E-state index contributed by atoms with van der Waals surface area (Å²) in [6.07, 6.45) is 0. The molecule has 0 fully saturated rings. The van der Waals surface area contributed by atoms with Crippen molar-refractivity contribution in [2.24, 2.45) is 0 Å². The molecule has 0 aromatic heterocycles. The lowest BCUT2D eigenvalue weighted by Crippen LogP contribution is -2.53. The second kappa shape index (κ2) is 10.8. The van der Waals surface area contributed by atoms with Crippen LogP contribution in [0, 0.1) is 13.8 Å². The second-order valence-electron chi connectivity index (χ2n) is 8.83. The Kier molecular flexibility index (Phi) is 8.86. The number of benzene rings is 2. The van der Waals surface area contributed by atoms with Crippen LogP contribution < -0.4 is 10.1 Å². The van der Waals surface area contributed by atoms with Crippen LogP contribution in [-0.2, 0) is 16.1 Å². The Hall–Kier alpha value is -1.95. The standard InChI is InChI=1S/C24H29Cl3N2O3/c1-14-9-19(10-15(2)22(14)27)32-13-21(30)29(16(3)23(31)28-24(4,5)6)12-17-7-8-18(25)11-20(17)26/h7-11,16H,12-13H2,1-6H3,(H,28,31)/t16-/m0/s1. The molecule has 0 aliphatic carbocycles. The minimum absolute atomic E-state index is 0.135. The van der Waals surface area contributed by atoms with Crippen LogP contribution >= 0.6 is 34.8 Å². The van der Waals surface area contributed by atoms with E-state index in [9.17, 15) is 9.59 Å². The summed E-state index contributed by atoms with van der Waals surface area (Å²) < 4.78 is 5.75. The summed E-state index contributed by atoms with van der Waals surface area (Å²) in [6, 6.07) is 7.85. The quantitative estimate of drug-likeness (QED) is 0.510. The molecule has 0 heterocycles. The van der Waals surface area contributed by atoms with Crippen molar-refractivity contribution in [3.8, 4) is 5.75 Å². The van der Waals surface area contributed by atoms with E-state index in [1.807, 2.05) is 34.6 Å². The number of aryl methyl sites for hydroxylation is 2. The molecule has 0 radical (unpaired) electrons. The molecule has 0 aliphatic heterocycles. The van der Waals surface area contributed by atoms with Gasteiger partial charge >= 0.3 is 0 Å². The maximum absolute atomic E-state index is 13.2. The van der Waals surface area contributed by atoms with E-state index in [1.165, 1.54) is 4.90 Å². The molecule has 8 heteroatoms. The molecule has 0 saturated carbocycles. The predicted molar refractivity (Wildman–Crippen MR) is 131 cm³/mol. The van der Waals surface area contributed by atoms with Crippen LogP contribution in [0.2, 0.25) is 15.1 Å². The average molecular weight is 500 g/mol. The molecule has 2 aromatic rings. The fourth-order valence-electron chi connectivity index (χ4n) is 3.11. The van der Waals surface area contributed by atoms with E-state index in [2.05, 4.69) is 5.32 Å². The summed E-state index contributed by atoms with van der Waals surface area (Å²) in [5.74, 6) is -0.0824. The summed E-state index contributed by atoms with van der Waals surface area (Å²) in [5, 5.41) is 4.49. The summed E-state index contributed by atoms with van der Waals surface area (Å²) in [4.78, 5) is 27.4. The van der Waals surface area contributed by atoms with Crippen molar-refractivity contribution in [1.82, 2.24) is 10.2 Å². The maximum atomic E-state index is 13.2. The van der Waals surface area contributed by atoms with Gasteiger partial charge in [-0.15, -0.1) is 0 Å². The first kappa shape index (κ1) is 26.3. The third-order valence-corrected chi connectivity index (χ3v) is 5.98. The highest BCUT2D eigenvalue weighted by Gasteiger charge is 2.29. The molecule has 2 amide bonds. The third-order valence-electron chi connectivity index (χ3n) is 4.79. The van der Waals surface area contributed by atoms with Crippen molar-refractivity contribution >= 4 is 46.6 Å². The zero-order valence-corrected chi connectivity index (χ0v) is 21.5. The number of carbonyl (C=O) groups is 2. The smallest absolute Gasteiger partial charge is 0.261 e. The minimum Gasteiger partial charge on any atom is -0.484 e. The summed E-state index contributed by atoms with van der Waals surface area (Å²) in [5.41, 5.74) is 1.96. The molecule has 174 valence electrons. The Morgan fingerprint density at radius 2 is 1.66 bits per heavy atom. The molecule has 5 nitrogen and oxygen atoms in total. The van der Waals surface area contributed by atoms with E-state index in [-0.39, 0.29) is 25.0 Å². The molecule has 1 atom stereocenters. The molecule has 2 rings (SSSR count). The third kappa shape index (κ3) is 7.29. The first-order valence-corrected chi connectivity index (χ1v) is 11.4. The van der Waals surface area contributed by atoms with Gasteiger partial charge in [-0.2, -0.15) is 0 Å². The van der Waals surface area contributed by atoms with Crippen LogP contribution in [0.3, 0.4) is 0 Å². The molecule has 0 bridgehead atoms. The molecule has 0 unspecified atom stereocenters. The highest BCUT2D eigenvalue weighted by Crippen LogP contribution is 2.26. The highest BCUT2D eigenvalue weighted by atomic mass is 35.5. The van der Waals surface area contributed by atoms with Gasteiger partial charge < -0.3 is 15.0 Å². The first-order valence-electron chi connectivity index (χ1n) is 10.2. The normalized spacial score (nSPS) is 12.3. The molecule has 32 heavy (non-hydrogen) atoms.